The number of carbonyl (C=O) groups excluding carboxylic acids is 2. The van der Waals surface area contributed by atoms with Gasteiger partial charge in [-0.2, -0.15) is 0 Å². The number of aliphatic imine (C=N–C) groups is 1. The lowest BCUT2D eigenvalue weighted by atomic mass is 9.83. The van der Waals surface area contributed by atoms with E-state index in [4.69, 9.17) is 24.3 Å². The summed E-state index contributed by atoms with van der Waals surface area (Å²) in [5.74, 6) is 0.0325. The van der Waals surface area contributed by atoms with Gasteiger partial charge in [0.25, 0.3) is 5.91 Å². The van der Waals surface area contributed by atoms with Crippen molar-refractivity contribution in [2.24, 2.45) is 4.99 Å². The van der Waals surface area contributed by atoms with Crippen molar-refractivity contribution < 1.29 is 28.9 Å². The maximum absolute atomic E-state index is 14.5. The third-order valence-corrected chi connectivity index (χ3v) is 8.43. The number of nitrogens with zero attached hydrogens (tertiary/aromatic N) is 2. The third-order valence-electron chi connectivity index (χ3n) is 8.43. The number of benzene rings is 4. The largest absolute Gasteiger partial charge is 0.494 e. The highest BCUT2D eigenvalue weighted by Gasteiger charge is 2.53. The third kappa shape index (κ3) is 9.74. The van der Waals surface area contributed by atoms with Gasteiger partial charge in [-0.1, -0.05) is 66.7 Å². The summed E-state index contributed by atoms with van der Waals surface area (Å²) < 4.78 is 18.0. The molecule has 3 N–H and O–H groups in total. The lowest BCUT2D eigenvalue weighted by Gasteiger charge is -2.31. The van der Waals surface area contributed by atoms with Gasteiger partial charge in [0.1, 0.15) is 11.4 Å². The molecule has 1 aliphatic heterocycles. The van der Waals surface area contributed by atoms with Crippen molar-refractivity contribution in [3.05, 3.63) is 120 Å². The number of anilines is 1. The molecule has 1 amide bonds. The number of hydrogen-bond donors (Lipinski definition) is 3. The van der Waals surface area contributed by atoms with Crippen LogP contribution in [-0.2, 0) is 25.6 Å². The van der Waals surface area contributed by atoms with Crippen LogP contribution >= 0.6 is 0 Å². The van der Waals surface area contributed by atoms with E-state index in [1.54, 1.807) is 12.1 Å². The summed E-state index contributed by atoms with van der Waals surface area (Å²) in [4.78, 5) is 34.6. The number of hydrogen-bond acceptors (Lipinski definition) is 9. The highest BCUT2D eigenvalue weighted by atomic mass is 16.6. The second kappa shape index (κ2) is 16.7. The van der Waals surface area contributed by atoms with E-state index in [1.807, 2.05) is 131 Å². The zero-order valence-corrected chi connectivity index (χ0v) is 30.0. The van der Waals surface area contributed by atoms with Gasteiger partial charge in [0.2, 0.25) is 5.90 Å². The molecule has 0 spiro atoms. The van der Waals surface area contributed by atoms with Gasteiger partial charge in [-0.3, -0.25) is 15.0 Å². The lowest BCUT2D eigenvalue weighted by molar-refractivity contribution is -0.155. The molecule has 5 rings (SSSR count). The van der Waals surface area contributed by atoms with Gasteiger partial charge in [-0.05, 0) is 85.8 Å². The minimum Gasteiger partial charge on any atom is -0.494 e. The van der Waals surface area contributed by atoms with Gasteiger partial charge < -0.3 is 24.2 Å². The summed E-state index contributed by atoms with van der Waals surface area (Å²) >= 11 is 0. The molecule has 4 aromatic rings. The normalized spacial score (nSPS) is 16.9. The number of carbonyl (C=O) groups is 2. The van der Waals surface area contributed by atoms with Crippen molar-refractivity contribution in [3.63, 3.8) is 0 Å². The van der Waals surface area contributed by atoms with Crippen molar-refractivity contribution in [2.75, 3.05) is 32.2 Å². The predicted octanol–water partition coefficient (Wildman–Crippen LogP) is 6.38. The summed E-state index contributed by atoms with van der Waals surface area (Å²) in [6, 6.07) is 33.2. The van der Waals surface area contributed by atoms with Crippen LogP contribution in [0.1, 0.15) is 62.8 Å². The van der Waals surface area contributed by atoms with Crippen LogP contribution < -0.4 is 20.5 Å². The second-order valence-electron chi connectivity index (χ2n) is 13.7. The van der Waals surface area contributed by atoms with Crippen molar-refractivity contribution in [1.82, 2.24) is 10.9 Å². The first-order valence-corrected chi connectivity index (χ1v) is 17.2. The molecule has 0 bridgehead atoms. The Hall–Kier alpha value is -5.19. The Kier molecular flexibility index (Phi) is 12.1. The number of aliphatic hydroxyl groups is 1. The zero-order chi connectivity index (χ0) is 36.4. The summed E-state index contributed by atoms with van der Waals surface area (Å²) in [5.41, 5.74) is 9.25. The average molecular weight is 693 g/mol. The number of hydrazine groups is 1. The van der Waals surface area contributed by atoms with Crippen LogP contribution in [0.2, 0.25) is 0 Å². The molecule has 0 aliphatic carbocycles. The fraction of sp³-hybridized carbons (Fsp3) is 0.341. The molecule has 0 saturated carbocycles. The van der Waals surface area contributed by atoms with Crippen LogP contribution in [0.15, 0.2) is 108 Å². The maximum Gasteiger partial charge on any atom is 0.306 e. The number of rotatable bonds is 15. The molecule has 10 heteroatoms. The topological polar surface area (TPSA) is 122 Å². The van der Waals surface area contributed by atoms with Crippen LogP contribution in [0.4, 0.5) is 5.69 Å². The summed E-state index contributed by atoms with van der Waals surface area (Å²) in [6.45, 7) is 6.23. The zero-order valence-electron chi connectivity index (χ0n) is 30.0. The summed E-state index contributed by atoms with van der Waals surface area (Å²) in [7, 11) is 3.96. The molecule has 0 aromatic heterocycles. The molecular formula is C41H48N4O6. The fourth-order valence-corrected chi connectivity index (χ4v) is 5.78. The smallest absolute Gasteiger partial charge is 0.306 e. The number of amides is 1. The molecule has 0 unspecified atom stereocenters. The standard InChI is InChI=1S/C41H48N4O6/c1-40(2,3)51-36(47)24-25-41(39(48)44-42-28-29-12-20-34(21-13-29)45(4)5)37(32-16-14-31(15-17-32)30-10-7-6-8-11-30)50-38(43-41)33-18-22-35(23-19-33)49-27-9-26-46/h6-8,10-23,37,42,46H,9,24-28H2,1-5H3,(H,44,48)/t37-,41-/m0/s1. The quantitative estimate of drug-likeness (QED) is 0.0746. The molecule has 0 saturated heterocycles. The Morgan fingerprint density at radius 2 is 1.53 bits per heavy atom. The van der Waals surface area contributed by atoms with E-state index in [2.05, 4.69) is 10.9 Å². The van der Waals surface area contributed by atoms with Crippen LogP contribution in [0.3, 0.4) is 0 Å². The average Bonchev–Trinajstić information content (AvgIpc) is 3.52. The number of ether oxygens (including phenoxy) is 3. The Labute approximate surface area is 300 Å². The molecule has 0 radical (unpaired) electrons. The fourth-order valence-electron chi connectivity index (χ4n) is 5.78. The van der Waals surface area contributed by atoms with Crippen molar-refractivity contribution >= 4 is 23.5 Å². The highest BCUT2D eigenvalue weighted by molar-refractivity contribution is 6.01. The van der Waals surface area contributed by atoms with Gasteiger partial charge in [-0.25, -0.2) is 10.4 Å². The molecule has 2 atom stereocenters. The summed E-state index contributed by atoms with van der Waals surface area (Å²) in [6.07, 6.45) is -0.370. The number of aliphatic hydroxyl groups excluding tert-OH is 1. The van der Waals surface area contributed by atoms with Gasteiger partial charge in [-0.15, -0.1) is 0 Å². The number of nitrogens with one attached hydrogen (secondary N) is 2. The van der Waals surface area contributed by atoms with Crippen molar-refractivity contribution in [3.8, 4) is 16.9 Å². The van der Waals surface area contributed by atoms with Crippen molar-refractivity contribution in [2.45, 2.75) is 63.8 Å². The monoisotopic (exact) mass is 692 g/mol. The molecule has 268 valence electrons. The predicted molar refractivity (Wildman–Crippen MR) is 199 cm³/mol. The van der Waals surface area contributed by atoms with E-state index in [0.717, 1.165) is 27.9 Å². The van der Waals surface area contributed by atoms with E-state index < -0.39 is 29.1 Å². The minimum absolute atomic E-state index is 0.0317. The molecule has 1 heterocycles. The van der Waals surface area contributed by atoms with Gasteiger partial charge in [0, 0.05) is 51.3 Å². The van der Waals surface area contributed by atoms with Crippen LogP contribution in [0, 0.1) is 0 Å². The van der Waals surface area contributed by atoms with Crippen LogP contribution in [0.25, 0.3) is 11.1 Å². The summed E-state index contributed by atoms with van der Waals surface area (Å²) in [5, 5.41) is 9.11. The Morgan fingerprint density at radius 3 is 2.16 bits per heavy atom. The van der Waals surface area contributed by atoms with Crippen LogP contribution in [0.5, 0.6) is 5.75 Å². The van der Waals surface area contributed by atoms with Gasteiger partial charge >= 0.3 is 5.97 Å². The molecule has 10 nitrogen and oxygen atoms in total. The number of esters is 1. The van der Waals surface area contributed by atoms with Crippen molar-refractivity contribution in [1.29, 1.82) is 0 Å². The molecule has 51 heavy (non-hydrogen) atoms. The van der Waals surface area contributed by atoms with Gasteiger partial charge in [0.05, 0.1) is 6.61 Å². The van der Waals surface area contributed by atoms with Crippen LogP contribution in [-0.4, -0.2) is 61.3 Å². The SMILES string of the molecule is CN(C)c1ccc(CNNC(=O)[C@@]2(CCC(=O)OC(C)(C)C)N=C(c3ccc(OCCCO)cc3)O[C@H]2c2ccc(-c3ccccc3)cc2)cc1. The molecule has 4 aromatic carbocycles. The van der Waals surface area contributed by atoms with E-state index in [1.165, 1.54) is 0 Å². The molecular weight excluding hydrogens is 644 g/mol. The first-order chi connectivity index (χ1) is 24.5. The Balaban J connectivity index is 1.48. The van der Waals surface area contributed by atoms with E-state index >= 15 is 0 Å². The Morgan fingerprint density at radius 1 is 0.882 bits per heavy atom. The minimum atomic E-state index is -1.53. The Bertz CT molecular complexity index is 1770. The van der Waals surface area contributed by atoms with Gasteiger partial charge in [0.15, 0.2) is 11.6 Å². The first-order valence-electron chi connectivity index (χ1n) is 17.2. The molecule has 1 aliphatic rings. The highest BCUT2D eigenvalue weighted by Crippen LogP contribution is 2.44. The maximum atomic E-state index is 14.5. The van der Waals surface area contributed by atoms with E-state index in [-0.39, 0.29) is 25.3 Å². The first kappa shape index (κ1) is 37.1. The second-order valence-corrected chi connectivity index (χ2v) is 13.7. The van der Waals surface area contributed by atoms with E-state index in [0.29, 0.717) is 30.9 Å². The lowest BCUT2D eigenvalue weighted by Crippen LogP contribution is -2.52. The van der Waals surface area contributed by atoms with E-state index in [9.17, 15) is 9.59 Å². The molecule has 0 fully saturated rings.